The van der Waals surface area contributed by atoms with Crippen LogP contribution in [0.15, 0.2) is 36.4 Å². The van der Waals surface area contributed by atoms with Crippen LogP contribution in [0.3, 0.4) is 0 Å². The minimum absolute atomic E-state index is 0.0914. The van der Waals surface area contributed by atoms with E-state index in [0.717, 1.165) is 6.07 Å². The Kier molecular flexibility index (Phi) is 7.03. The van der Waals surface area contributed by atoms with Gasteiger partial charge in [-0.1, -0.05) is 0 Å². The summed E-state index contributed by atoms with van der Waals surface area (Å²) in [7, 11) is 1.47. The van der Waals surface area contributed by atoms with Gasteiger partial charge < -0.3 is 19.5 Å². The molecule has 0 spiro atoms. The summed E-state index contributed by atoms with van der Waals surface area (Å²) in [5.74, 6) is -0.182. The van der Waals surface area contributed by atoms with Crippen molar-refractivity contribution in [3.05, 3.63) is 47.8 Å². The molecule has 0 bridgehead atoms. The fourth-order valence-corrected chi connectivity index (χ4v) is 2.42. The van der Waals surface area contributed by atoms with E-state index < -0.39 is 23.4 Å². The zero-order chi connectivity index (χ0) is 21.6. The summed E-state index contributed by atoms with van der Waals surface area (Å²) < 4.78 is 29.6. The van der Waals surface area contributed by atoms with Crippen LogP contribution >= 0.6 is 0 Å². The Morgan fingerprint density at radius 2 is 1.72 bits per heavy atom. The molecule has 7 nitrogen and oxygen atoms in total. The monoisotopic (exact) mass is 404 g/mol. The minimum atomic E-state index is -0.720. The third-order valence-corrected chi connectivity index (χ3v) is 3.59. The highest BCUT2D eigenvalue weighted by Gasteiger charge is 2.19. The molecule has 29 heavy (non-hydrogen) atoms. The Hall–Kier alpha value is -3.29. The average Bonchev–Trinajstić information content (AvgIpc) is 2.63. The van der Waals surface area contributed by atoms with E-state index in [1.807, 2.05) is 6.92 Å². The summed E-state index contributed by atoms with van der Waals surface area (Å²) >= 11 is 0. The predicted octanol–water partition coefficient (Wildman–Crippen LogP) is 4.83. The molecular formula is C21H25FN2O5. The summed E-state index contributed by atoms with van der Waals surface area (Å²) in [5, 5.41) is 5.11. The van der Waals surface area contributed by atoms with Gasteiger partial charge in [0, 0.05) is 5.56 Å². The highest BCUT2D eigenvalue weighted by Crippen LogP contribution is 2.29. The lowest BCUT2D eigenvalue weighted by Gasteiger charge is -2.20. The smallest absolute Gasteiger partial charge is 0.412 e. The molecule has 0 unspecified atom stereocenters. The fraction of sp³-hybridized carbons (Fsp3) is 0.333. The van der Waals surface area contributed by atoms with E-state index in [-0.39, 0.29) is 16.9 Å². The molecule has 0 aromatic heterocycles. The average molecular weight is 404 g/mol. The van der Waals surface area contributed by atoms with E-state index in [4.69, 9.17) is 14.2 Å². The molecule has 2 amide bonds. The first-order valence-corrected chi connectivity index (χ1v) is 9.04. The van der Waals surface area contributed by atoms with Gasteiger partial charge in [0.25, 0.3) is 5.91 Å². The topological polar surface area (TPSA) is 85.9 Å². The molecule has 156 valence electrons. The second-order valence-corrected chi connectivity index (χ2v) is 7.07. The summed E-state index contributed by atoms with van der Waals surface area (Å²) in [6.45, 7) is 7.45. The maximum atomic E-state index is 13.7. The maximum Gasteiger partial charge on any atom is 0.412 e. The van der Waals surface area contributed by atoms with E-state index in [9.17, 15) is 14.0 Å². The summed E-state index contributed by atoms with van der Waals surface area (Å²) in [5.41, 5.74) is -0.134. The number of carbonyl (C=O) groups excluding carboxylic acids is 2. The third kappa shape index (κ3) is 6.38. The van der Waals surface area contributed by atoms with Crippen molar-refractivity contribution in [3.8, 4) is 11.5 Å². The van der Waals surface area contributed by atoms with Crippen molar-refractivity contribution >= 4 is 23.4 Å². The number of hydrogen-bond donors (Lipinski definition) is 2. The normalized spacial score (nSPS) is 10.8. The summed E-state index contributed by atoms with van der Waals surface area (Å²) in [6, 6.07) is 8.30. The number of amides is 2. The minimum Gasteiger partial charge on any atom is -0.493 e. The molecule has 0 fully saturated rings. The van der Waals surface area contributed by atoms with Crippen molar-refractivity contribution in [3.63, 3.8) is 0 Å². The van der Waals surface area contributed by atoms with Crippen molar-refractivity contribution in [1.82, 2.24) is 0 Å². The molecule has 2 N–H and O–H groups in total. The molecular weight excluding hydrogens is 379 g/mol. The van der Waals surface area contributed by atoms with E-state index >= 15 is 0 Å². The molecule has 2 aromatic carbocycles. The van der Waals surface area contributed by atoms with Crippen LogP contribution in [0, 0.1) is 5.82 Å². The highest BCUT2D eigenvalue weighted by atomic mass is 19.1. The zero-order valence-corrected chi connectivity index (χ0v) is 17.1. The molecule has 0 aliphatic heterocycles. The Morgan fingerprint density at radius 3 is 2.34 bits per heavy atom. The molecule has 0 atom stereocenters. The van der Waals surface area contributed by atoms with E-state index in [0.29, 0.717) is 18.1 Å². The number of nitrogens with one attached hydrogen (secondary N) is 2. The van der Waals surface area contributed by atoms with Crippen LogP contribution in [0.25, 0.3) is 0 Å². The van der Waals surface area contributed by atoms with Crippen LogP contribution in [0.4, 0.5) is 20.6 Å². The zero-order valence-electron chi connectivity index (χ0n) is 17.1. The van der Waals surface area contributed by atoms with Crippen molar-refractivity contribution in [2.75, 3.05) is 24.4 Å². The van der Waals surface area contributed by atoms with E-state index in [1.165, 1.54) is 25.3 Å². The number of anilines is 2. The molecule has 0 aliphatic rings. The first-order chi connectivity index (χ1) is 13.6. The fourth-order valence-electron chi connectivity index (χ4n) is 2.42. The van der Waals surface area contributed by atoms with Gasteiger partial charge in [-0.05, 0) is 64.1 Å². The maximum absolute atomic E-state index is 13.7. The van der Waals surface area contributed by atoms with Gasteiger partial charge in [0.1, 0.15) is 11.4 Å². The van der Waals surface area contributed by atoms with Gasteiger partial charge >= 0.3 is 6.09 Å². The van der Waals surface area contributed by atoms with Crippen molar-refractivity contribution in [2.45, 2.75) is 33.3 Å². The Balaban J connectivity index is 2.23. The standard InChI is InChI=1S/C21H25FN2O5/c1-6-28-17-10-7-13(11-18(17)27-5)19(25)23-16-12-14(22)8-9-15(16)24-20(26)29-21(2,3)4/h7-12H,6H2,1-5H3,(H,23,25)(H,24,26). The second-order valence-electron chi connectivity index (χ2n) is 7.07. The van der Waals surface area contributed by atoms with Gasteiger partial charge in [-0.2, -0.15) is 0 Å². The summed E-state index contributed by atoms with van der Waals surface area (Å²) in [6.07, 6.45) is -0.720. The van der Waals surface area contributed by atoms with Crippen molar-refractivity contribution in [2.24, 2.45) is 0 Å². The Morgan fingerprint density at radius 1 is 1.00 bits per heavy atom. The number of methoxy groups -OCH3 is 1. The number of carbonyl (C=O) groups is 2. The van der Waals surface area contributed by atoms with Gasteiger partial charge in [0.05, 0.1) is 25.1 Å². The van der Waals surface area contributed by atoms with Crippen LogP contribution in [-0.4, -0.2) is 31.3 Å². The van der Waals surface area contributed by atoms with Crippen molar-refractivity contribution in [1.29, 1.82) is 0 Å². The SMILES string of the molecule is CCOc1ccc(C(=O)Nc2cc(F)ccc2NC(=O)OC(C)(C)C)cc1OC. The third-order valence-electron chi connectivity index (χ3n) is 3.59. The van der Waals surface area contributed by atoms with Crippen LogP contribution in [0.1, 0.15) is 38.1 Å². The number of benzene rings is 2. The lowest BCUT2D eigenvalue weighted by molar-refractivity contribution is 0.0635. The first kappa shape index (κ1) is 22.0. The van der Waals surface area contributed by atoms with Gasteiger partial charge in [-0.25, -0.2) is 9.18 Å². The van der Waals surface area contributed by atoms with Crippen LogP contribution in [0.5, 0.6) is 11.5 Å². The molecule has 8 heteroatoms. The highest BCUT2D eigenvalue weighted by molar-refractivity contribution is 6.07. The molecule has 0 radical (unpaired) electrons. The molecule has 0 saturated heterocycles. The van der Waals surface area contributed by atoms with Crippen LogP contribution in [0.2, 0.25) is 0 Å². The molecule has 0 heterocycles. The number of ether oxygens (including phenoxy) is 3. The summed E-state index contributed by atoms with van der Waals surface area (Å²) in [4.78, 5) is 24.7. The van der Waals surface area contributed by atoms with Gasteiger partial charge in [0.2, 0.25) is 0 Å². The van der Waals surface area contributed by atoms with E-state index in [1.54, 1.807) is 32.9 Å². The molecule has 0 aliphatic carbocycles. The Bertz CT molecular complexity index is 893. The van der Waals surface area contributed by atoms with Gasteiger partial charge in [-0.15, -0.1) is 0 Å². The second kappa shape index (κ2) is 9.27. The van der Waals surface area contributed by atoms with Crippen LogP contribution in [-0.2, 0) is 4.74 Å². The number of rotatable bonds is 6. The van der Waals surface area contributed by atoms with Gasteiger partial charge in [-0.3, -0.25) is 10.1 Å². The largest absolute Gasteiger partial charge is 0.493 e. The molecule has 0 saturated carbocycles. The lowest BCUT2D eigenvalue weighted by atomic mass is 10.1. The Labute approximate surface area is 169 Å². The molecule has 2 rings (SSSR count). The first-order valence-electron chi connectivity index (χ1n) is 9.04. The van der Waals surface area contributed by atoms with Crippen LogP contribution < -0.4 is 20.1 Å². The molecule has 2 aromatic rings. The quantitative estimate of drug-likeness (QED) is 0.720. The predicted molar refractivity (Wildman–Crippen MR) is 108 cm³/mol. The van der Waals surface area contributed by atoms with Gasteiger partial charge in [0.15, 0.2) is 11.5 Å². The lowest BCUT2D eigenvalue weighted by Crippen LogP contribution is -2.27. The van der Waals surface area contributed by atoms with E-state index in [2.05, 4.69) is 10.6 Å². The number of hydrogen-bond acceptors (Lipinski definition) is 5. The number of halogens is 1. The van der Waals surface area contributed by atoms with Crippen molar-refractivity contribution < 1.29 is 28.2 Å².